The summed E-state index contributed by atoms with van der Waals surface area (Å²) in [6.07, 6.45) is -8.90. The minimum absolute atomic E-state index is 0.168. The van der Waals surface area contributed by atoms with Crippen LogP contribution in [0, 0.1) is 5.82 Å². The van der Waals surface area contributed by atoms with Crippen molar-refractivity contribution >= 4 is 11.7 Å². The summed E-state index contributed by atoms with van der Waals surface area (Å²) < 4.78 is 88.7. The molecule has 0 saturated heterocycles. The number of amides is 1. The van der Waals surface area contributed by atoms with E-state index in [-0.39, 0.29) is 11.9 Å². The highest BCUT2D eigenvalue weighted by molar-refractivity contribution is 6.05. The fraction of sp³-hybridized carbons (Fsp3) is 0.200. The summed E-state index contributed by atoms with van der Waals surface area (Å²) >= 11 is 0. The molecule has 0 spiro atoms. The van der Waals surface area contributed by atoms with Crippen molar-refractivity contribution in [2.75, 3.05) is 11.9 Å². The molecule has 0 saturated carbocycles. The summed E-state index contributed by atoms with van der Waals surface area (Å²) in [6.45, 7) is 0. The number of rotatable bonds is 2. The van der Waals surface area contributed by atoms with Gasteiger partial charge in [0, 0.05) is 13.2 Å². The van der Waals surface area contributed by atoms with Gasteiger partial charge < -0.3 is 0 Å². The molecule has 0 unspecified atom stereocenters. The Kier molecular flexibility index (Phi) is 4.74. The number of hydrogen-bond donors (Lipinski definition) is 0. The summed E-state index contributed by atoms with van der Waals surface area (Å²) in [6, 6.07) is 2.92. The van der Waals surface area contributed by atoms with E-state index in [1.54, 1.807) is 0 Å². The van der Waals surface area contributed by atoms with Gasteiger partial charge in [-0.25, -0.2) is 9.37 Å². The van der Waals surface area contributed by atoms with Gasteiger partial charge in [0.2, 0.25) is 0 Å². The van der Waals surface area contributed by atoms with Crippen LogP contribution in [0.4, 0.5) is 36.6 Å². The maximum Gasteiger partial charge on any atom is 0.417 e. The predicted octanol–water partition coefficient (Wildman–Crippen LogP) is 4.53. The first-order valence-electron chi connectivity index (χ1n) is 6.59. The fourth-order valence-corrected chi connectivity index (χ4v) is 1.90. The molecule has 0 bridgehead atoms. The molecule has 0 fully saturated rings. The number of benzene rings is 1. The van der Waals surface area contributed by atoms with Crippen molar-refractivity contribution in [3.8, 4) is 0 Å². The zero-order valence-electron chi connectivity index (χ0n) is 12.4. The maximum atomic E-state index is 13.8. The molecule has 10 heteroatoms. The van der Waals surface area contributed by atoms with Crippen LogP contribution in [0.1, 0.15) is 21.5 Å². The molecule has 0 radical (unpaired) electrons. The van der Waals surface area contributed by atoms with Gasteiger partial charge in [0.05, 0.1) is 16.7 Å². The molecule has 134 valence electrons. The maximum absolute atomic E-state index is 13.8. The number of nitrogens with zero attached hydrogens (tertiary/aromatic N) is 2. The molecule has 3 nitrogen and oxygen atoms in total. The lowest BCUT2D eigenvalue weighted by Crippen LogP contribution is -2.28. The molecular formula is C15H9F7N2O. The van der Waals surface area contributed by atoms with E-state index in [9.17, 15) is 35.5 Å². The Morgan fingerprint density at radius 2 is 1.52 bits per heavy atom. The fourth-order valence-electron chi connectivity index (χ4n) is 1.90. The number of pyridine rings is 1. The van der Waals surface area contributed by atoms with Crippen LogP contribution in [0.3, 0.4) is 0 Å². The molecule has 0 atom stereocenters. The molecule has 1 aromatic heterocycles. The summed E-state index contributed by atoms with van der Waals surface area (Å²) in [5.41, 5.74) is -2.98. The van der Waals surface area contributed by atoms with E-state index in [1.165, 1.54) is 0 Å². The summed E-state index contributed by atoms with van der Waals surface area (Å²) in [5, 5.41) is 0. The van der Waals surface area contributed by atoms with Gasteiger partial charge in [-0.1, -0.05) is 0 Å². The Morgan fingerprint density at radius 1 is 0.960 bits per heavy atom. The van der Waals surface area contributed by atoms with Gasteiger partial charge in [-0.05, 0) is 30.3 Å². The van der Waals surface area contributed by atoms with Crippen LogP contribution in [0.25, 0.3) is 0 Å². The van der Waals surface area contributed by atoms with Crippen LogP contribution in [0.2, 0.25) is 0 Å². The first-order valence-corrected chi connectivity index (χ1v) is 6.59. The first-order chi connectivity index (χ1) is 11.4. The molecule has 0 aliphatic carbocycles. The Balaban J connectivity index is 2.28. The smallest absolute Gasteiger partial charge is 0.296 e. The van der Waals surface area contributed by atoms with Crippen LogP contribution >= 0.6 is 0 Å². The number of carbonyl (C=O) groups is 1. The Hall–Kier alpha value is -2.65. The highest BCUT2D eigenvalue weighted by atomic mass is 19.4. The van der Waals surface area contributed by atoms with Crippen molar-refractivity contribution in [3.63, 3.8) is 0 Å². The number of alkyl halides is 6. The van der Waals surface area contributed by atoms with E-state index in [0.29, 0.717) is 24.4 Å². The molecule has 1 aromatic carbocycles. The second-order valence-electron chi connectivity index (χ2n) is 4.96. The van der Waals surface area contributed by atoms with Gasteiger partial charge >= 0.3 is 12.4 Å². The Bertz CT molecular complexity index is 782. The molecule has 2 rings (SSSR count). The first kappa shape index (κ1) is 18.7. The normalized spacial score (nSPS) is 12.2. The van der Waals surface area contributed by atoms with Gasteiger partial charge in [-0.2, -0.15) is 26.3 Å². The van der Waals surface area contributed by atoms with Crippen molar-refractivity contribution in [2.45, 2.75) is 12.4 Å². The summed E-state index contributed by atoms with van der Waals surface area (Å²) in [4.78, 5) is 16.3. The van der Waals surface area contributed by atoms with E-state index in [0.717, 1.165) is 18.0 Å². The van der Waals surface area contributed by atoms with Crippen LogP contribution in [-0.4, -0.2) is 17.9 Å². The van der Waals surface area contributed by atoms with E-state index < -0.39 is 40.8 Å². The summed E-state index contributed by atoms with van der Waals surface area (Å²) in [5.74, 6) is -2.69. The third-order valence-electron chi connectivity index (χ3n) is 3.25. The van der Waals surface area contributed by atoms with Crippen molar-refractivity contribution in [3.05, 3.63) is 59.0 Å². The van der Waals surface area contributed by atoms with E-state index in [1.807, 2.05) is 0 Å². The number of aromatic nitrogens is 1. The number of hydrogen-bond acceptors (Lipinski definition) is 2. The molecule has 2 aromatic rings. The molecule has 0 aliphatic rings. The molecule has 0 N–H and O–H groups in total. The van der Waals surface area contributed by atoms with Gasteiger partial charge in [0.1, 0.15) is 11.6 Å². The highest BCUT2D eigenvalue weighted by Gasteiger charge is 2.33. The lowest BCUT2D eigenvalue weighted by molar-refractivity contribution is -0.138. The van der Waals surface area contributed by atoms with Crippen molar-refractivity contribution in [1.29, 1.82) is 0 Å². The van der Waals surface area contributed by atoms with E-state index in [4.69, 9.17) is 0 Å². The average Bonchev–Trinajstić information content (AvgIpc) is 2.52. The molecule has 1 heterocycles. The second kappa shape index (κ2) is 6.34. The van der Waals surface area contributed by atoms with Crippen LogP contribution < -0.4 is 4.90 Å². The van der Waals surface area contributed by atoms with E-state index in [2.05, 4.69) is 4.98 Å². The number of carbonyl (C=O) groups excluding carboxylic acids is 1. The Morgan fingerprint density at radius 3 is 1.96 bits per heavy atom. The Labute approximate surface area is 136 Å². The van der Waals surface area contributed by atoms with Crippen LogP contribution in [-0.2, 0) is 12.4 Å². The van der Waals surface area contributed by atoms with Crippen molar-refractivity contribution < 1.29 is 35.5 Å². The molecule has 25 heavy (non-hydrogen) atoms. The van der Waals surface area contributed by atoms with Crippen molar-refractivity contribution in [2.24, 2.45) is 0 Å². The zero-order valence-corrected chi connectivity index (χ0v) is 12.4. The predicted molar refractivity (Wildman–Crippen MR) is 73.4 cm³/mol. The van der Waals surface area contributed by atoms with E-state index >= 15 is 0 Å². The second-order valence-corrected chi connectivity index (χ2v) is 4.96. The van der Waals surface area contributed by atoms with Crippen LogP contribution in [0.15, 0.2) is 36.5 Å². The zero-order chi connectivity index (χ0) is 19.0. The number of halogens is 7. The lowest BCUT2D eigenvalue weighted by atomic mass is 10.1. The highest BCUT2D eigenvalue weighted by Crippen LogP contribution is 2.31. The molecule has 1 amide bonds. The number of anilines is 1. The van der Waals surface area contributed by atoms with Gasteiger partial charge in [0.15, 0.2) is 0 Å². The standard InChI is InChI=1S/C15H9F7N2O/c1-24(12-5-3-9(7-23-12)15(20,21)22)13(25)10-4-2-8(6-11(10)16)14(17,18)19/h2-7H,1H3. The van der Waals surface area contributed by atoms with Crippen LogP contribution in [0.5, 0.6) is 0 Å². The van der Waals surface area contributed by atoms with Gasteiger partial charge in [-0.3, -0.25) is 9.69 Å². The SMILES string of the molecule is CN(C(=O)c1ccc(C(F)(F)F)cc1F)c1ccc(C(F)(F)F)cn1. The third kappa shape index (κ3) is 4.06. The van der Waals surface area contributed by atoms with Gasteiger partial charge in [-0.15, -0.1) is 0 Å². The lowest BCUT2D eigenvalue weighted by Gasteiger charge is -2.18. The topological polar surface area (TPSA) is 33.2 Å². The quantitative estimate of drug-likeness (QED) is 0.732. The molecule has 0 aliphatic heterocycles. The molecular weight excluding hydrogens is 357 g/mol. The van der Waals surface area contributed by atoms with Gasteiger partial charge in [0.25, 0.3) is 5.91 Å². The average molecular weight is 366 g/mol. The van der Waals surface area contributed by atoms with Crippen molar-refractivity contribution in [1.82, 2.24) is 4.98 Å². The monoisotopic (exact) mass is 366 g/mol. The largest absolute Gasteiger partial charge is 0.417 e. The summed E-state index contributed by atoms with van der Waals surface area (Å²) in [7, 11) is 1.11. The minimum atomic E-state index is -4.77. The minimum Gasteiger partial charge on any atom is -0.296 e. The third-order valence-corrected chi connectivity index (χ3v) is 3.25.